The van der Waals surface area contributed by atoms with Crippen LogP contribution in [0.25, 0.3) is 0 Å². The van der Waals surface area contributed by atoms with Gasteiger partial charge in [0.15, 0.2) is 6.29 Å². The molecular weight excluding hydrogens is 668 g/mol. The zero-order valence-corrected chi connectivity index (χ0v) is 31.3. The van der Waals surface area contributed by atoms with E-state index in [9.17, 15) is 28.5 Å². The Labute approximate surface area is 301 Å². The molecule has 0 aliphatic carbocycles. The molecule has 50 heavy (non-hydrogen) atoms. The van der Waals surface area contributed by atoms with Gasteiger partial charge in [0.25, 0.3) is 0 Å². The monoisotopic (exact) mass is 734 g/mol. The Morgan fingerprint density at radius 1 is 0.760 bits per heavy atom. The summed E-state index contributed by atoms with van der Waals surface area (Å²) in [7, 11) is -5.04. The van der Waals surface area contributed by atoms with Crippen LogP contribution in [0.15, 0.2) is 36.5 Å². The first-order valence-corrected chi connectivity index (χ1v) is 20.0. The van der Waals surface area contributed by atoms with Crippen LogP contribution in [0.2, 0.25) is 0 Å². The van der Waals surface area contributed by atoms with E-state index in [2.05, 4.69) is 47.6 Å². The summed E-state index contributed by atoms with van der Waals surface area (Å²) in [5.74, 6) is -0.578. The molecule has 0 aromatic rings. The maximum absolute atomic E-state index is 11.6. The lowest BCUT2D eigenvalue weighted by Gasteiger charge is -2.41. The summed E-state index contributed by atoms with van der Waals surface area (Å²) in [4.78, 5) is 11.6. The average molecular weight is 735 g/mol. The molecule has 0 spiro atoms. The van der Waals surface area contributed by atoms with E-state index in [-0.39, 0.29) is 13.2 Å². The van der Waals surface area contributed by atoms with Crippen molar-refractivity contribution >= 4 is 16.4 Å². The first kappa shape index (κ1) is 46.3. The van der Waals surface area contributed by atoms with E-state index >= 15 is 0 Å². The summed E-state index contributed by atoms with van der Waals surface area (Å²) < 4.78 is 57.3. The predicted molar refractivity (Wildman–Crippen MR) is 193 cm³/mol. The second kappa shape index (κ2) is 29.9. The first-order valence-electron chi connectivity index (χ1n) is 18.7. The molecule has 0 bridgehead atoms. The van der Waals surface area contributed by atoms with Crippen LogP contribution in [0.3, 0.4) is 0 Å². The molecule has 0 aromatic carbocycles. The van der Waals surface area contributed by atoms with Crippen molar-refractivity contribution in [1.82, 2.24) is 0 Å². The van der Waals surface area contributed by atoms with Gasteiger partial charge in [-0.2, -0.15) is 8.42 Å². The number of carbonyl (C=O) groups is 1. The molecule has 292 valence electrons. The fraction of sp³-hybridized carbons (Fsp3) is 0.811. The number of rotatable bonds is 31. The Bertz CT molecular complexity index is 1030. The third kappa shape index (κ3) is 24.5. The Balaban J connectivity index is 2.08. The minimum atomic E-state index is -5.04. The van der Waals surface area contributed by atoms with Crippen molar-refractivity contribution in [2.24, 2.45) is 0 Å². The maximum atomic E-state index is 11.6. The number of hydrogen-bond donors (Lipinski definition) is 4. The number of aliphatic hydroxyl groups is 3. The van der Waals surface area contributed by atoms with Gasteiger partial charge in [0.1, 0.15) is 30.5 Å². The highest BCUT2D eigenvalue weighted by Gasteiger charge is 2.48. The fourth-order valence-electron chi connectivity index (χ4n) is 5.56. The van der Waals surface area contributed by atoms with E-state index in [1.165, 1.54) is 84.0 Å². The molecule has 1 heterocycles. The van der Waals surface area contributed by atoms with Crippen molar-refractivity contribution in [3.8, 4) is 0 Å². The smallest absolute Gasteiger partial charge is 0.397 e. The highest BCUT2D eigenvalue weighted by molar-refractivity contribution is 7.80. The van der Waals surface area contributed by atoms with Gasteiger partial charge in [-0.05, 0) is 44.9 Å². The maximum Gasteiger partial charge on any atom is 0.397 e. The van der Waals surface area contributed by atoms with Crippen LogP contribution < -0.4 is 0 Å². The van der Waals surface area contributed by atoms with Crippen molar-refractivity contribution in [2.45, 2.75) is 166 Å². The van der Waals surface area contributed by atoms with Crippen LogP contribution in [0, 0.1) is 0 Å². The minimum absolute atomic E-state index is 0.0161. The molecule has 1 rings (SSSR count). The van der Waals surface area contributed by atoms with E-state index in [0.717, 1.165) is 38.5 Å². The van der Waals surface area contributed by atoms with Crippen LogP contribution in [0.1, 0.15) is 129 Å². The molecular formula is C37H66O12S. The minimum Gasteiger partial charge on any atom is -0.458 e. The molecule has 0 aromatic heterocycles. The molecule has 6 unspecified atom stereocenters. The van der Waals surface area contributed by atoms with Crippen LogP contribution in [0.5, 0.6) is 0 Å². The Hall–Kier alpha value is -1.68. The van der Waals surface area contributed by atoms with Crippen molar-refractivity contribution in [3.63, 3.8) is 0 Å². The van der Waals surface area contributed by atoms with Gasteiger partial charge < -0.3 is 34.3 Å². The van der Waals surface area contributed by atoms with Gasteiger partial charge in [-0.15, -0.1) is 0 Å². The lowest BCUT2D eigenvalue weighted by atomic mass is 9.99. The van der Waals surface area contributed by atoms with Gasteiger partial charge in [-0.25, -0.2) is 4.18 Å². The van der Waals surface area contributed by atoms with Crippen molar-refractivity contribution in [3.05, 3.63) is 36.5 Å². The number of hydrogen-bond acceptors (Lipinski definition) is 11. The zero-order valence-electron chi connectivity index (χ0n) is 30.4. The number of allylic oxidation sites excluding steroid dienone is 6. The van der Waals surface area contributed by atoms with Gasteiger partial charge in [-0.3, -0.25) is 9.35 Å². The van der Waals surface area contributed by atoms with E-state index in [1.54, 1.807) is 0 Å². The zero-order chi connectivity index (χ0) is 36.9. The number of ether oxygens (including phenoxy) is 4. The lowest BCUT2D eigenvalue weighted by molar-refractivity contribution is -0.301. The number of esters is 1. The molecule has 1 saturated heterocycles. The molecule has 1 aliphatic rings. The standard InChI is InChI=1S/C37H66O12S/c1-3-4-5-6-7-8-9-10-11-12-13-14-15-16-17-18-19-20-21-22-23-24-25-26-27-45-29-32(47-31(2)39)30-46-37-35(41)36(49-50(42,43)44)34(40)33(28-38)48-37/h9-10,12-13,15-16,32-38,40-41H,3-8,11,14,17-30H2,1-2H3,(H,42,43,44)/b10-9-,13-12-,16-15-. The molecule has 1 aliphatic heterocycles. The van der Waals surface area contributed by atoms with E-state index in [0.29, 0.717) is 6.61 Å². The van der Waals surface area contributed by atoms with E-state index < -0.39 is 59.8 Å². The van der Waals surface area contributed by atoms with E-state index in [1.807, 2.05) is 0 Å². The molecule has 4 N–H and O–H groups in total. The molecule has 0 radical (unpaired) electrons. The second-order valence-electron chi connectivity index (χ2n) is 12.9. The van der Waals surface area contributed by atoms with Gasteiger partial charge in [0.2, 0.25) is 0 Å². The van der Waals surface area contributed by atoms with Crippen LogP contribution in [-0.2, 0) is 38.3 Å². The van der Waals surface area contributed by atoms with Crippen LogP contribution >= 0.6 is 0 Å². The predicted octanol–water partition coefficient (Wildman–Crippen LogP) is 6.29. The first-order chi connectivity index (χ1) is 24.1. The summed E-state index contributed by atoms with van der Waals surface area (Å²) in [6.45, 7) is 2.91. The topological polar surface area (TPSA) is 178 Å². The Morgan fingerprint density at radius 2 is 1.28 bits per heavy atom. The third-order valence-corrected chi connectivity index (χ3v) is 8.78. The van der Waals surface area contributed by atoms with E-state index in [4.69, 9.17) is 23.5 Å². The summed E-state index contributed by atoms with van der Waals surface area (Å²) >= 11 is 0. The van der Waals surface area contributed by atoms with Gasteiger partial charge >= 0.3 is 16.4 Å². The normalized spacial score (nSPS) is 22.2. The van der Waals surface area contributed by atoms with Crippen molar-refractivity contribution in [1.29, 1.82) is 0 Å². The largest absolute Gasteiger partial charge is 0.458 e. The van der Waals surface area contributed by atoms with Crippen LogP contribution in [-0.4, -0.2) is 97.5 Å². The summed E-state index contributed by atoms with van der Waals surface area (Å²) in [5.41, 5.74) is 0. The van der Waals surface area contributed by atoms with Crippen molar-refractivity contribution in [2.75, 3.05) is 26.4 Å². The average Bonchev–Trinajstić information content (AvgIpc) is 3.07. The molecule has 1 fully saturated rings. The summed E-state index contributed by atoms with van der Waals surface area (Å²) in [6, 6.07) is 0. The fourth-order valence-corrected chi connectivity index (χ4v) is 6.07. The van der Waals surface area contributed by atoms with Crippen LogP contribution in [0.4, 0.5) is 0 Å². The Kier molecular flexibility index (Phi) is 27.7. The molecule has 13 heteroatoms. The highest BCUT2D eigenvalue weighted by atomic mass is 32.3. The quantitative estimate of drug-likeness (QED) is 0.0271. The molecule has 0 amide bonds. The van der Waals surface area contributed by atoms with Gasteiger partial charge in [-0.1, -0.05) is 114 Å². The number of carbonyl (C=O) groups excluding carboxylic acids is 1. The second-order valence-corrected chi connectivity index (χ2v) is 13.9. The SMILES string of the molecule is CCCCCCC/C=C\C/C=C\C/C=C\CCCCCCCCCCCOCC(COC1OC(CO)C(O)C(OS(=O)(=O)O)C1O)OC(C)=O. The summed E-state index contributed by atoms with van der Waals surface area (Å²) in [5, 5.41) is 30.0. The highest BCUT2D eigenvalue weighted by Crippen LogP contribution is 2.26. The van der Waals surface area contributed by atoms with Gasteiger partial charge in [0.05, 0.1) is 19.8 Å². The molecule has 6 atom stereocenters. The number of aliphatic hydroxyl groups excluding tert-OH is 3. The molecule has 0 saturated carbocycles. The lowest BCUT2D eigenvalue weighted by Crippen LogP contribution is -2.60. The number of unbranched alkanes of at least 4 members (excludes halogenated alkanes) is 14. The Morgan fingerprint density at radius 3 is 1.80 bits per heavy atom. The molecule has 12 nitrogen and oxygen atoms in total. The van der Waals surface area contributed by atoms with Crippen molar-refractivity contribution < 1.29 is 56.2 Å². The van der Waals surface area contributed by atoms with Gasteiger partial charge in [0, 0.05) is 13.5 Å². The third-order valence-electron chi connectivity index (χ3n) is 8.32. The summed E-state index contributed by atoms with van der Waals surface area (Å²) in [6.07, 6.45) is 25.9.